The highest BCUT2D eigenvalue weighted by Crippen LogP contribution is 2.30. The topological polar surface area (TPSA) is 69.6 Å². The highest BCUT2D eigenvalue weighted by atomic mass is 32.2. The van der Waals surface area contributed by atoms with Crippen LogP contribution in [0.4, 0.5) is 11.4 Å². The van der Waals surface area contributed by atoms with Gasteiger partial charge in [0.1, 0.15) is 0 Å². The lowest BCUT2D eigenvalue weighted by Gasteiger charge is -2.22. The van der Waals surface area contributed by atoms with Crippen molar-refractivity contribution in [2.45, 2.75) is 24.3 Å². The number of nitrogens with one attached hydrogen (secondary N) is 1. The number of anilines is 2. The molecule has 2 aromatic carbocycles. The van der Waals surface area contributed by atoms with Crippen LogP contribution in [0.25, 0.3) is 0 Å². The summed E-state index contributed by atoms with van der Waals surface area (Å²) in [4.78, 5) is 2.23. The number of sulfonamides is 1. The number of hydrogen-bond donors (Lipinski definition) is 2. The maximum absolute atomic E-state index is 12.6. The van der Waals surface area contributed by atoms with E-state index in [1.54, 1.807) is 36.4 Å². The van der Waals surface area contributed by atoms with Crippen molar-refractivity contribution in [2.24, 2.45) is 0 Å². The van der Waals surface area contributed by atoms with Gasteiger partial charge in [-0.2, -0.15) is 0 Å². The minimum absolute atomic E-state index is 0.236. The highest BCUT2D eigenvalue weighted by Gasteiger charge is 2.24. The molecule has 0 aliphatic carbocycles. The highest BCUT2D eigenvalue weighted by molar-refractivity contribution is 7.92. The average molecular weight is 332 g/mol. The van der Waals surface area contributed by atoms with E-state index in [1.807, 2.05) is 24.0 Å². The lowest BCUT2D eigenvalue weighted by molar-refractivity contribution is 0.198. The van der Waals surface area contributed by atoms with Crippen molar-refractivity contribution in [3.8, 4) is 0 Å². The first kappa shape index (κ1) is 15.8. The van der Waals surface area contributed by atoms with Crippen LogP contribution in [0.3, 0.4) is 0 Å². The van der Waals surface area contributed by atoms with E-state index in [2.05, 4.69) is 4.72 Å². The van der Waals surface area contributed by atoms with E-state index in [4.69, 9.17) is 0 Å². The molecule has 0 saturated carbocycles. The minimum Gasteiger partial charge on any atom is -0.391 e. The van der Waals surface area contributed by atoms with E-state index in [-0.39, 0.29) is 11.0 Å². The largest absolute Gasteiger partial charge is 0.391 e. The molecule has 0 spiro atoms. The quantitative estimate of drug-likeness (QED) is 0.902. The molecule has 0 bridgehead atoms. The molecule has 0 amide bonds. The molecule has 6 heteroatoms. The number of benzene rings is 2. The average Bonchev–Trinajstić information content (AvgIpc) is 2.94. The molecule has 122 valence electrons. The predicted molar refractivity (Wildman–Crippen MR) is 91.3 cm³/mol. The summed E-state index contributed by atoms with van der Waals surface area (Å²) >= 11 is 0. The van der Waals surface area contributed by atoms with Crippen molar-refractivity contribution >= 4 is 21.4 Å². The molecule has 2 N–H and O–H groups in total. The van der Waals surface area contributed by atoms with E-state index in [9.17, 15) is 13.5 Å². The monoisotopic (exact) mass is 332 g/mol. The Morgan fingerprint density at radius 1 is 1.13 bits per heavy atom. The second-order valence-electron chi connectivity index (χ2n) is 5.82. The summed E-state index contributed by atoms with van der Waals surface area (Å²) in [6.45, 7) is 3.14. The Kier molecular flexibility index (Phi) is 4.28. The number of hydrogen-bond acceptors (Lipinski definition) is 4. The van der Waals surface area contributed by atoms with Crippen molar-refractivity contribution in [3.05, 3.63) is 54.1 Å². The summed E-state index contributed by atoms with van der Waals surface area (Å²) in [5.41, 5.74) is 2.33. The molecule has 5 nitrogen and oxygen atoms in total. The zero-order valence-electron chi connectivity index (χ0n) is 12.9. The van der Waals surface area contributed by atoms with Crippen LogP contribution in [-0.4, -0.2) is 32.7 Å². The van der Waals surface area contributed by atoms with Crippen molar-refractivity contribution in [3.63, 3.8) is 0 Å². The Labute approximate surface area is 136 Å². The van der Waals surface area contributed by atoms with Gasteiger partial charge in [0, 0.05) is 13.1 Å². The van der Waals surface area contributed by atoms with Gasteiger partial charge in [0.2, 0.25) is 0 Å². The van der Waals surface area contributed by atoms with E-state index in [0.717, 1.165) is 11.3 Å². The van der Waals surface area contributed by atoms with Gasteiger partial charge >= 0.3 is 0 Å². The van der Waals surface area contributed by atoms with Crippen molar-refractivity contribution in [1.82, 2.24) is 0 Å². The summed E-state index contributed by atoms with van der Waals surface area (Å²) in [7, 11) is -3.63. The number of rotatable bonds is 4. The number of aliphatic hydroxyl groups is 1. The van der Waals surface area contributed by atoms with Crippen LogP contribution in [0, 0.1) is 6.92 Å². The Balaban J connectivity index is 1.89. The van der Waals surface area contributed by atoms with Crippen LogP contribution < -0.4 is 9.62 Å². The zero-order chi connectivity index (χ0) is 16.4. The summed E-state index contributed by atoms with van der Waals surface area (Å²) in [5, 5.41) is 9.71. The van der Waals surface area contributed by atoms with E-state index in [1.165, 1.54) is 0 Å². The lowest BCUT2D eigenvalue weighted by Crippen LogP contribution is -2.23. The van der Waals surface area contributed by atoms with Gasteiger partial charge in [-0.15, -0.1) is 0 Å². The second kappa shape index (κ2) is 6.22. The van der Waals surface area contributed by atoms with Gasteiger partial charge in [-0.1, -0.05) is 29.8 Å². The molecule has 1 heterocycles. The first-order chi connectivity index (χ1) is 11.0. The van der Waals surface area contributed by atoms with E-state index in [0.29, 0.717) is 25.2 Å². The first-order valence-corrected chi connectivity index (χ1v) is 9.05. The normalized spacial score (nSPS) is 18.2. The Hall–Kier alpha value is -2.05. The van der Waals surface area contributed by atoms with Crippen molar-refractivity contribution in [2.75, 3.05) is 22.7 Å². The van der Waals surface area contributed by atoms with Crippen LogP contribution in [0.15, 0.2) is 53.4 Å². The van der Waals surface area contributed by atoms with Gasteiger partial charge in [0.05, 0.1) is 22.4 Å². The van der Waals surface area contributed by atoms with Crippen LogP contribution in [0.1, 0.15) is 12.0 Å². The first-order valence-electron chi connectivity index (χ1n) is 7.57. The van der Waals surface area contributed by atoms with Gasteiger partial charge in [-0.25, -0.2) is 8.42 Å². The second-order valence-corrected chi connectivity index (χ2v) is 7.51. The number of para-hydroxylation sites is 2. The van der Waals surface area contributed by atoms with E-state index >= 15 is 0 Å². The van der Waals surface area contributed by atoms with Gasteiger partial charge in [-0.3, -0.25) is 4.72 Å². The van der Waals surface area contributed by atoms with Crippen molar-refractivity contribution in [1.29, 1.82) is 0 Å². The molecule has 1 atom stereocenters. The molecule has 1 saturated heterocycles. The fourth-order valence-corrected chi connectivity index (χ4v) is 3.79. The molecule has 23 heavy (non-hydrogen) atoms. The van der Waals surface area contributed by atoms with Crippen LogP contribution in [0.2, 0.25) is 0 Å². The van der Waals surface area contributed by atoms with Gasteiger partial charge in [0.15, 0.2) is 0 Å². The summed E-state index contributed by atoms with van der Waals surface area (Å²) < 4.78 is 27.8. The molecular weight excluding hydrogens is 312 g/mol. The predicted octanol–water partition coefficient (Wildman–Crippen LogP) is 2.37. The molecule has 0 aromatic heterocycles. The Morgan fingerprint density at radius 3 is 2.48 bits per heavy atom. The van der Waals surface area contributed by atoms with Crippen molar-refractivity contribution < 1.29 is 13.5 Å². The zero-order valence-corrected chi connectivity index (χ0v) is 13.8. The summed E-state index contributed by atoms with van der Waals surface area (Å²) in [6, 6.07) is 14.0. The molecule has 1 fully saturated rings. The molecular formula is C17H20N2O3S. The summed E-state index contributed by atoms with van der Waals surface area (Å²) in [5.74, 6) is 0. The van der Waals surface area contributed by atoms with Crippen LogP contribution in [-0.2, 0) is 10.0 Å². The molecule has 1 aliphatic rings. The fraction of sp³-hybridized carbons (Fsp3) is 0.294. The van der Waals surface area contributed by atoms with Crippen LogP contribution in [0.5, 0.6) is 0 Å². The third-order valence-corrected chi connectivity index (χ3v) is 5.37. The molecule has 1 unspecified atom stereocenters. The number of nitrogens with zero attached hydrogens (tertiary/aromatic N) is 1. The summed E-state index contributed by atoms with van der Waals surface area (Å²) in [6.07, 6.45) is 0.329. The lowest BCUT2D eigenvalue weighted by atomic mass is 10.2. The van der Waals surface area contributed by atoms with Gasteiger partial charge in [-0.05, 0) is 37.6 Å². The molecule has 1 aliphatic heterocycles. The maximum atomic E-state index is 12.6. The maximum Gasteiger partial charge on any atom is 0.261 e. The van der Waals surface area contributed by atoms with E-state index < -0.39 is 10.0 Å². The third kappa shape index (κ3) is 3.48. The number of β-amino-alcohol motifs (C(OH)–C–C–N with tert-alkyl or cyclic N) is 1. The minimum atomic E-state index is -3.63. The SMILES string of the molecule is Cc1ccc(S(=O)(=O)Nc2ccccc2N2CCC(O)C2)cc1. The third-order valence-electron chi connectivity index (χ3n) is 3.98. The molecule has 2 aromatic rings. The van der Waals surface area contributed by atoms with Gasteiger partial charge < -0.3 is 10.0 Å². The smallest absolute Gasteiger partial charge is 0.261 e. The Morgan fingerprint density at radius 2 is 1.83 bits per heavy atom. The van der Waals surface area contributed by atoms with Crippen LogP contribution >= 0.6 is 0 Å². The van der Waals surface area contributed by atoms with Gasteiger partial charge in [0.25, 0.3) is 10.0 Å². The Bertz CT molecular complexity index is 788. The molecule has 3 rings (SSSR count). The number of aryl methyl sites for hydroxylation is 1. The fourth-order valence-electron chi connectivity index (χ4n) is 2.72. The standard InChI is InChI=1S/C17H20N2O3S/c1-13-6-8-15(9-7-13)23(21,22)18-16-4-2-3-5-17(16)19-11-10-14(20)12-19/h2-9,14,18,20H,10-12H2,1H3. The number of aliphatic hydroxyl groups excluding tert-OH is 1. The molecule has 0 radical (unpaired) electrons.